The number of aliphatic hydroxyl groups is 1. The second-order valence-corrected chi connectivity index (χ2v) is 3.72. The van der Waals surface area contributed by atoms with Crippen LogP contribution in [0, 0.1) is 0 Å². The first-order chi connectivity index (χ1) is 6.34. The van der Waals surface area contributed by atoms with Gasteiger partial charge in [0.25, 0.3) is 0 Å². The van der Waals surface area contributed by atoms with Crippen molar-refractivity contribution in [3.63, 3.8) is 0 Å². The first-order valence-corrected chi connectivity index (χ1v) is 5.60. The molecule has 1 unspecified atom stereocenters. The van der Waals surface area contributed by atoms with Crippen LogP contribution < -0.4 is 0 Å². The number of oxazole rings is 1. The SMILES string of the molecule is OC(CCCCCBr)c1ncco1. The quantitative estimate of drug-likeness (QED) is 0.621. The van der Waals surface area contributed by atoms with E-state index in [1.807, 2.05) is 0 Å². The van der Waals surface area contributed by atoms with Gasteiger partial charge in [-0.15, -0.1) is 0 Å². The van der Waals surface area contributed by atoms with Crippen molar-refractivity contribution in [2.45, 2.75) is 31.8 Å². The highest BCUT2D eigenvalue weighted by Gasteiger charge is 2.10. The maximum atomic E-state index is 9.54. The molecule has 0 fully saturated rings. The molecule has 13 heavy (non-hydrogen) atoms. The van der Waals surface area contributed by atoms with Crippen LogP contribution in [-0.4, -0.2) is 15.4 Å². The minimum absolute atomic E-state index is 0.429. The number of aliphatic hydroxyl groups excluding tert-OH is 1. The Bertz CT molecular complexity index is 213. The molecular weight excluding hydrogens is 234 g/mol. The van der Waals surface area contributed by atoms with Crippen LogP contribution in [0.5, 0.6) is 0 Å². The first-order valence-electron chi connectivity index (χ1n) is 4.48. The lowest BCUT2D eigenvalue weighted by atomic mass is 10.1. The molecule has 0 spiro atoms. The lowest BCUT2D eigenvalue weighted by molar-refractivity contribution is 0.131. The van der Waals surface area contributed by atoms with Gasteiger partial charge in [-0.05, 0) is 12.8 Å². The molecule has 1 N–H and O–H groups in total. The van der Waals surface area contributed by atoms with E-state index in [1.165, 1.54) is 6.26 Å². The van der Waals surface area contributed by atoms with Gasteiger partial charge in [-0.25, -0.2) is 4.98 Å². The van der Waals surface area contributed by atoms with Gasteiger partial charge in [0.05, 0.1) is 6.20 Å². The van der Waals surface area contributed by atoms with E-state index >= 15 is 0 Å². The van der Waals surface area contributed by atoms with E-state index in [0.717, 1.165) is 31.0 Å². The Morgan fingerprint density at radius 2 is 2.31 bits per heavy atom. The van der Waals surface area contributed by atoms with Crippen molar-refractivity contribution < 1.29 is 9.52 Å². The molecule has 0 aliphatic rings. The molecule has 1 aromatic heterocycles. The molecule has 0 aromatic carbocycles. The molecule has 1 rings (SSSR count). The molecule has 0 amide bonds. The van der Waals surface area contributed by atoms with E-state index in [1.54, 1.807) is 6.20 Å². The molecule has 0 aliphatic heterocycles. The predicted molar refractivity (Wildman–Crippen MR) is 53.7 cm³/mol. The van der Waals surface area contributed by atoms with Crippen LogP contribution in [0.1, 0.15) is 37.7 Å². The minimum Gasteiger partial charge on any atom is -0.446 e. The standard InChI is InChI=1S/C9H14BrNO2/c10-5-3-1-2-4-8(12)9-11-6-7-13-9/h6-8,12H,1-5H2. The van der Waals surface area contributed by atoms with Gasteiger partial charge < -0.3 is 9.52 Å². The van der Waals surface area contributed by atoms with Crippen molar-refractivity contribution in [1.29, 1.82) is 0 Å². The number of unbranched alkanes of at least 4 members (excludes halogenated alkanes) is 2. The molecule has 1 heterocycles. The Labute approximate surface area is 86.3 Å². The Kier molecular flexibility index (Phi) is 5.08. The first kappa shape index (κ1) is 10.7. The van der Waals surface area contributed by atoms with E-state index in [4.69, 9.17) is 4.42 Å². The molecule has 4 heteroatoms. The Balaban J connectivity index is 2.15. The monoisotopic (exact) mass is 247 g/mol. The maximum absolute atomic E-state index is 9.54. The summed E-state index contributed by atoms with van der Waals surface area (Å²) in [5.74, 6) is 0.429. The lowest BCUT2D eigenvalue weighted by Gasteiger charge is -2.04. The van der Waals surface area contributed by atoms with E-state index < -0.39 is 6.10 Å². The molecule has 1 aromatic rings. The van der Waals surface area contributed by atoms with Crippen LogP contribution in [0.2, 0.25) is 0 Å². The predicted octanol–water partition coefficient (Wildman–Crippen LogP) is 2.66. The summed E-state index contributed by atoms with van der Waals surface area (Å²) < 4.78 is 4.98. The van der Waals surface area contributed by atoms with E-state index in [-0.39, 0.29) is 0 Å². The van der Waals surface area contributed by atoms with Crippen LogP contribution in [-0.2, 0) is 0 Å². The third kappa shape index (κ3) is 3.91. The van der Waals surface area contributed by atoms with Crippen molar-refractivity contribution in [3.05, 3.63) is 18.4 Å². The molecule has 74 valence electrons. The van der Waals surface area contributed by atoms with Crippen molar-refractivity contribution >= 4 is 15.9 Å². The second-order valence-electron chi connectivity index (χ2n) is 2.92. The fourth-order valence-corrected chi connectivity index (χ4v) is 1.53. The zero-order chi connectivity index (χ0) is 9.52. The number of aromatic nitrogens is 1. The summed E-state index contributed by atoms with van der Waals surface area (Å²) in [4.78, 5) is 3.89. The minimum atomic E-state index is -0.537. The molecule has 3 nitrogen and oxygen atoms in total. The summed E-state index contributed by atoms with van der Waals surface area (Å²) in [5.41, 5.74) is 0. The van der Waals surface area contributed by atoms with Gasteiger partial charge in [-0.3, -0.25) is 0 Å². The highest BCUT2D eigenvalue weighted by Crippen LogP contribution is 2.17. The van der Waals surface area contributed by atoms with E-state index in [2.05, 4.69) is 20.9 Å². The fourth-order valence-electron chi connectivity index (χ4n) is 1.13. The van der Waals surface area contributed by atoms with Gasteiger partial charge in [-0.1, -0.05) is 28.8 Å². The maximum Gasteiger partial charge on any atom is 0.222 e. The molecule has 0 aliphatic carbocycles. The highest BCUT2D eigenvalue weighted by atomic mass is 79.9. The van der Waals surface area contributed by atoms with Gasteiger partial charge in [0.2, 0.25) is 5.89 Å². The lowest BCUT2D eigenvalue weighted by Crippen LogP contribution is -1.97. The van der Waals surface area contributed by atoms with E-state index in [9.17, 15) is 5.11 Å². The van der Waals surface area contributed by atoms with Crippen molar-refractivity contribution in [3.8, 4) is 0 Å². The number of hydrogen-bond donors (Lipinski definition) is 1. The number of hydrogen-bond acceptors (Lipinski definition) is 3. The summed E-state index contributed by atoms with van der Waals surface area (Å²) in [6.07, 6.45) is 6.52. The molecular formula is C9H14BrNO2. The van der Waals surface area contributed by atoms with Gasteiger partial charge >= 0.3 is 0 Å². The third-order valence-electron chi connectivity index (χ3n) is 1.85. The van der Waals surface area contributed by atoms with Crippen molar-refractivity contribution in [2.24, 2.45) is 0 Å². The average molecular weight is 248 g/mol. The topological polar surface area (TPSA) is 46.3 Å². The average Bonchev–Trinajstić information content (AvgIpc) is 2.65. The smallest absolute Gasteiger partial charge is 0.222 e. The molecule has 0 bridgehead atoms. The summed E-state index contributed by atoms with van der Waals surface area (Å²) in [5, 5.41) is 10.6. The van der Waals surface area contributed by atoms with E-state index in [0.29, 0.717) is 5.89 Å². The molecule has 0 saturated carbocycles. The summed E-state index contributed by atoms with van der Waals surface area (Å²) in [6.45, 7) is 0. The highest BCUT2D eigenvalue weighted by molar-refractivity contribution is 9.09. The zero-order valence-corrected chi connectivity index (χ0v) is 9.03. The van der Waals surface area contributed by atoms with Crippen molar-refractivity contribution in [1.82, 2.24) is 4.98 Å². The Morgan fingerprint density at radius 3 is 2.92 bits per heavy atom. The number of rotatable bonds is 6. The van der Waals surface area contributed by atoms with Crippen LogP contribution in [0.25, 0.3) is 0 Å². The van der Waals surface area contributed by atoms with Crippen LogP contribution >= 0.6 is 15.9 Å². The fraction of sp³-hybridized carbons (Fsp3) is 0.667. The van der Waals surface area contributed by atoms with Gasteiger partial charge in [0.1, 0.15) is 12.4 Å². The Hall–Kier alpha value is -0.350. The third-order valence-corrected chi connectivity index (χ3v) is 2.41. The summed E-state index contributed by atoms with van der Waals surface area (Å²) >= 11 is 3.36. The van der Waals surface area contributed by atoms with Crippen LogP contribution in [0.4, 0.5) is 0 Å². The molecule has 0 saturated heterocycles. The van der Waals surface area contributed by atoms with Gasteiger partial charge in [-0.2, -0.15) is 0 Å². The Morgan fingerprint density at radius 1 is 1.46 bits per heavy atom. The van der Waals surface area contributed by atoms with Crippen LogP contribution in [0.15, 0.2) is 16.9 Å². The largest absolute Gasteiger partial charge is 0.446 e. The van der Waals surface area contributed by atoms with Gasteiger partial charge in [0, 0.05) is 5.33 Å². The summed E-state index contributed by atoms with van der Waals surface area (Å²) in [6, 6.07) is 0. The number of alkyl halides is 1. The summed E-state index contributed by atoms with van der Waals surface area (Å²) in [7, 11) is 0. The molecule has 1 atom stereocenters. The zero-order valence-electron chi connectivity index (χ0n) is 7.45. The van der Waals surface area contributed by atoms with Crippen molar-refractivity contribution in [2.75, 3.05) is 5.33 Å². The normalized spacial score (nSPS) is 13.1. The number of nitrogens with zero attached hydrogens (tertiary/aromatic N) is 1. The van der Waals surface area contributed by atoms with Crippen LogP contribution in [0.3, 0.4) is 0 Å². The number of halogens is 1. The second kappa shape index (κ2) is 6.16. The molecule has 0 radical (unpaired) electrons. The van der Waals surface area contributed by atoms with Gasteiger partial charge in [0.15, 0.2) is 0 Å².